The minimum absolute atomic E-state index is 0.123. The highest BCUT2D eigenvalue weighted by Crippen LogP contribution is 2.39. The predicted octanol–water partition coefficient (Wildman–Crippen LogP) is 8.41. The third-order valence-corrected chi connectivity index (χ3v) is 6.70. The van der Waals surface area contributed by atoms with Crippen LogP contribution in [0.3, 0.4) is 0 Å². The Morgan fingerprint density at radius 1 is 0.825 bits per heavy atom. The Morgan fingerprint density at radius 2 is 1.40 bits per heavy atom. The molecule has 0 aromatic heterocycles. The number of ether oxygens (including phenoxy) is 3. The molecular weight excluding hydrogens is 535 g/mol. The first kappa shape index (κ1) is 35.4. The zero-order valence-corrected chi connectivity index (χ0v) is 24.1. The fourth-order valence-corrected chi connectivity index (χ4v) is 3.98. The van der Waals surface area contributed by atoms with Gasteiger partial charge in [0.2, 0.25) is 0 Å². The number of carbonyl (C=O) groups excluding carboxylic acids is 2. The normalized spacial score (nSPS) is 14.0. The molecule has 0 bridgehead atoms. The molecule has 5 nitrogen and oxygen atoms in total. The average Bonchev–Trinajstić information content (AvgIpc) is 2.86. The molecule has 40 heavy (non-hydrogen) atoms. The number of halogens is 5. The highest BCUT2D eigenvalue weighted by atomic mass is 19.4. The number of hydrogen-bond acceptors (Lipinski definition) is 5. The summed E-state index contributed by atoms with van der Waals surface area (Å²) in [7, 11) is 0. The second kappa shape index (κ2) is 16.6. The number of esters is 2. The van der Waals surface area contributed by atoms with Crippen molar-refractivity contribution >= 4 is 18.0 Å². The van der Waals surface area contributed by atoms with E-state index in [1.54, 1.807) is 24.3 Å². The van der Waals surface area contributed by atoms with Crippen molar-refractivity contribution in [2.45, 2.75) is 91.7 Å². The Hall–Kier alpha value is -2.65. The van der Waals surface area contributed by atoms with Crippen LogP contribution in [0.15, 0.2) is 30.3 Å². The first-order valence-electron chi connectivity index (χ1n) is 13.8. The molecule has 0 radical (unpaired) electrons. The minimum atomic E-state index is -5.62. The highest BCUT2D eigenvalue weighted by Gasteiger charge is 2.56. The summed E-state index contributed by atoms with van der Waals surface area (Å²) in [5.41, 5.74) is 0.186. The third-order valence-electron chi connectivity index (χ3n) is 6.70. The van der Waals surface area contributed by atoms with E-state index in [1.165, 1.54) is 6.08 Å². The molecule has 10 heteroatoms. The van der Waals surface area contributed by atoms with Crippen LogP contribution in [0.5, 0.6) is 5.75 Å². The van der Waals surface area contributed by atoms with Crippen LogP contribution in [0.25, 0.3) is 6.08 Å². The van der Waals surface area contributed by atoms with Crippen LogP contribution < -0.4 is 4.74 Å². The lowest BCUT2D eigenvalue weighted by Crippen LogP contribution is -2.36. The van der Waals surface area contributed by atoms with Crippen LogP contribution in [-0.2, 0) is 19.1 Å². The molecule has 0 aliphatic carbocycles. The van der Waals surface area contributed by atoms with E-state index in [1.807, 2.05) is 6.92 Å². The van der Waals surface area contributed by atoms with E-state index in [9.17, 15) is 31.5 Å². The molecule has 0 saturated carbocycles. The number of hydrogen-bond donors (Lipinski definition) is 0. The van der Waals surface area contributed by atoms with Gasteiger partial charge in [-0.3, -0.25) is 4.79 Å². The van der Waals surface area contributed by atoms with Gasteiger partial charge in [-0.15, -0.1) is 0 Å². The molecule has 0 amide bonds. The standard InChI is InChI=1S/C30H43F5O5/c1-22(2)21-28(5,23(3)4)27(37)40-19-9-7-6-8-18-38-25-14-11-24(12-15-25)13-16-26(36)39-20-10-17-29(31,32)30(33,34)35/h11-16,22-23H,6-10,17-21H2,1-5H3/b16-13+. The van der Waals surface area contributed by atoms with Crippen LogP contribution >= 0.6 is 0 Å². The number of rotatable bonds is 18. The smallest absolute Gasteiger partial charge is 0.453 e. The summed E-state index contributed by atoms with van der Waals surface area (Å²) in [6.07, 6.45) is -0.868. The predicted molar refractivity (Wildman–Crippen MR) is 144 cm³/mol. The SMILES string of the molecule is CC(C)CC(C)(C(=O)OCCCCCCOc1ccc(/C=C/C(=O)OCCCC(F)(F)C(F)(F)F)cc1)C(C)C. The summed E-state index contributed by atoms with van der Waals surface area (Å²) >= 11 is 0. The van der Waals surface area contributed by atoms with E-state index >= 15 is 0 Å². The first-order chi connectivity index (χ1) is 18.6. The molecule has 0 N–H and O–H groups in total. The Bertz CT molecular complexity index is 925. The van der Waals surface area contributed by atoms with E-state index in [-0.39, 0.29) is 11.9 Å². The molecule has 1 aromatic carbocycles. The molecule has 228 valence electrons. The minimum Gasteiger partial charge on any atom is -0.494 e. The quantitative estimate of drug-likeness (QED) is 0.0758. The van der Waals surface area contributed by atoms with Gasteiger partial charge in [0.05, 0.1) is 25.2 Å². The van der Waals surface area contributed by atoms with Crippen molar-refractivity contribution in [3.63, 3.8) is 0 Å². The van der Waals surface area contributed by atoms with Gasteiger partial charge in [0, 0.05) is 12.5 Å². The van der Waals surface area contributed by atoms with Gasteiger partial charge >= 0.3 is 24.0 Å². The van der Waals surface area contributed by atoms with Crippen molar-refractivity contribution in [2.75, 3.05) is 19.8 Å². The second-order valence-corrected chi connectivity index (χ2v) is 10.9. The van der Waals surface area contributed by atoms with Gasteiger partial charge in [-0.2, -0.15) is 22.0 Å². The fourth-order valence-electron chi connectivity index (χ4n) is 3.98. The summed E-state index contributed by atoms with van der Waals surface area (Å²) in [5.74, 6) is -4.50. The lowest BCUT2D eigenvalue weighted by atomic mass is 9.73. The van der Waals surface area contributed by atoms with Crippen molar-refractivity contribution in [3.05, 3.63) is 35.9 Å². The topological polar surface area (TPSA) is 61.8 Å². The Labute approximate surface area is 234 Å². The fraction of sp³-hybridized carbons (Fsp3) is 0.667. The summed E-state index contributed by atoms with van der Waals surface area (Å²) in [6, 6.07) is 6.88. The van der Waals surface area contributed by atoms with Gasteiger partial charge in [-0.05, 0) is 81.1 Å². The van der Waals surface area contributed by atoms with Crippen molar-refractivity contribution in [3.8, 4) is 5.75 Å². The molecule has 0 saturated heterocycles. The first-order valence-corrected chi connectivity index (χ1v) is 13.8. The maximum atomic E-state index is 12.8. The molecular formula is C30H43F5O5. The van der Waals surface area contributed by atoms with Crippen molar-refractivity contribution < 1.29 is 45.8 Å². The van der Waals surface area contributed by atoms with Crippen LogP contribution in [-0.4, -0.2) is 43.9 Å². The number of alkyl halides is 5. The number of carbonyl (C=O) groups is 2. The molecule has 1 aromatic rings. The molecule has 0 aliphatic heterocycles. The van der Waals surface area contributed by atoms with E-state index in [4.69, 9.17) is 9.47 Å². The van der Waals surface area contributed by atoms with Gasteiger partial charge in [-0.1, -0.05) is 39.8 Å². The zero-order valence-electron chi connectivity index (χ0n) is 24.1. The molecule has 0 spiro atoms. The molecule has 0 aliphatic rings. The highest BCUT2D eigenvalue weighted by molar-refractivity contribution is 5.87. The lowest BCUT2D eigenvalue weighted by Gasteiger charge is -2.32. The van der Waals surface area contributed by atoms with Gasteiger partial charge in [0.15, 0.2) is 0 Å². The van der Waals surface area contributed by atoms with Gasteiger partial charge in [0.1, 0.15) is 5.75 Å². The van der Waals surface area contributed by atoms with E-state index in [0.717, 1.165) is 38.2 Å². The maximum absolute atomic E-state index is 12.8. The Morgan fingerprint density at radius 3 is 1.95 bits per heavy atom. The van der Waals surface area contributed by atoms with Crippen LogP contribution in [0.4, 0.5) is 22.0 Å². The van der Waals surface area contributed by atoms with E-state index < -0.39 is 42.9 Å². The van der Waals surface area contributed by atoms with E-state index in [2.05, 4.69) is 32.4 Å². The second-order valence-electron chi connectivity index (χ2n) is 10.9. The van der Waals surface area contributed by atoms with Crippen molar-refractivity contribution in [1.82, 2.24) is 0 Å². The third kappa shape index (κ3) is 12.7. The zero-order chi connectivity index (χ0) is 30.4. The van der Waals surface area contributed by atoms with Crippen molar-refractivity contribution in [1.29, 1.82) is 0 Å². The largest absolute Gasteiger partial charge is 0.494 e. The summed E-state index contributed by atoms with van der Waals surface area (Å²) in [6.45, 7) is 10.7. The molecule has 0 heterocycles. The maximum Gasteiger partial charge on any atom is 0.453 e. The van der Waals surface area contributed by atoms with Crippen LogP contribution in [0, 0.1) is 17.3 Å². The Balaban J connectivity index is 2.24. The molecule has 1 unspecified atom stereocenters. The number of unbranched alkanes of at least 4 members (excludes halogenated alkanes) is 3. The Kier molecular flexibility index (Phi) is 14.7. The number of benzene rings is 1. The van der Waals surface area contributed by atoms with Gasteiger partial charge < -0.3 is 14.2 Å². The van der Waals surface area contributed by atoms with E-state index in [0.29, 0.717) is 30.4 Å². The summed E-state index contributed by atoms with van der Waals surface area (Å²) < 4.78 is 77.9. The molecule has 0 fully saturated rings. The lowest BCUT2D eigenvalue weighted by molar-refractivity contribution is -0.284. The van der Waals surface area contributed by atoms with Crippen LogP contribution in [0.2, 0.25) is 0 Å². The molecule has 1 atom stereocenters. The van der Waals surface area contributed by atoms with Crippen LogP contribution in [0.1, 0.15) is 85.1 Å². The monoisotopic (exact) mass is 578 g/mol. The summed E-state index contributed by atoms with van der Waals surface area (Å²) in [5, 5.41) is 0. The van der Waals surface area contributed by atoms with Gasteiger partial charge in [-0.25, -0.2) is 4.79 Å². The summed E-state index contributed by atoms with van der Waals surface area (Å²) in [4.78, 5) is 24.3. The average molecular weight is 579 g/mol. The van der Waals surface area contributed by atoms with Crippen molar-refractivity contribution in [2.24, 2.45) is 17.3 Å². The molecule has 1 rings (SSSR count). The van der Waals surface area contributed by atoms with Gasteiger partial charge in [0.25, 0.3) is 0 Å².